The molecule has 1 atom stereocenters. The van der Waals surface area contributed by atoms with Crippen LogP contribution in [0.2, 0.25) is 0 Å². The highest BCUT2D eigenvalue weighted by Crippen LogP contribution is 2.32. The van der Waals surface area contributed by atoms with Crippen LogP contribution in [0.5, 0.6) is 0 Å². The van der Waals surface area contributed by atoms with Crippen molar-refractivity contribution in [2.75, 3.05) is 10.6 Å². The molecule has 0 spiro atoms. The Morgan fingerprint density at radius 3 is 2.30 bits per heavy atom. The number of aromatic carboxylic acids is 1. The maximum absolute atomic E-state index is 13.2. The lowest BCUT2D eigenvalue weighted by atomic mass is 9.98. The number of carboxylic acids is 1. The van der Waals surface area contributed by atoms with Crippen LogP contribution in [0.4, 0.5) is 10.8 Å². The number of hydrogen-bond acceptors (Lipinski definition) is 6. The summed E-state index contributed by atoms with van der Waals surface area (Å²) in [5.74, 6) is -1.69. The number of rotatable bonds is 8. The van der Waals surface area contributed by atoms with Crippen LogP contribution in [0.1, 0.15) is 32.5 Å². The predicted octanol–water partition coefficient (Wildman–Crippen LogP) is 7.34. The number of hydrogen-bond donors (Lipinski definition) is 3. The molecule has 9 heteroatoms. The monoisotopic (exact) mass is 567 g/mol. The maximum Gasteiger partial charge on any atom is 0.336 e. The van der Waals surface area contributed by atoms with Crippen LogP contribution in [-0.2, 0) is 4.79 Å². The molecule has 0 aliphatic rings. The molecule has 2 amide bonds. The standard InChI is InChI=1S/C31H25N3O4S2/c1-18-27(21-9-4-3-5-10-21)33-31(40-18)34-28(35)19(2)39-23-14-8-13-22(17-23)32-29(36)24-15-6-11-20-12-7-16-25(26(20)24)30(37)38/h3-17,19H,1-2H3,(H,32,36)(H,37,38)(H,33,34,35). The topological polar surface area (TPSA) is 108 Å². The molecule has 40 heavy (non-hydrogen) atoms. The molecule has 0 aliphatic heterocycles. The highest BCUT2D eigenvalue weighted by molar-refractivity contribution is 8.00. The van der Waals surface area contributed by atoms with E-state index in [4.69, 9.17) is 0 Å². The Morgan fingerprint density at radius 1 is 0.875 bits per heavy atom. The zero-order valence-corrected chi connectivity index (χ0v) is 23.3. The van der Waals surface area contributed by atoms with Gasteiger partial charge in [-0.2, -0.15) is 0 Å². The van der Waals surface area contributed by atoms with E-state index in [1.165, 1.54) is 29.2 Å². The van der Waals surface area contributed by atoms with Crippen LogP contribution < -0.4 is 10.6 Å². The van der Waals surface area contributed by atoms with Gasteiger partial charge in [0.15, 0.2) is 5.13 Å². The third-order valence-corrected chi connectivity index (χ3v) is 8.21. The van der Waals surface area contributed by atoms with Crippen LogP contribution in [-0.4, -0.2) is 33.1 Å². The molecule has 3 N–H and O–H groups in total. The first kappa shape index (κ1) is 27.1. The maximum atomic E-state index is 13.2. The molecule has 1 unspecified atom stereocenters. The Kier molecular flexibility index (Phi) is 7.95. The van der Waals surface area contributed by atoms with Crippen LogP contribution in [0.25, 0.3) is 22.0 Å². The van der Waals surface area contributed by atoms with Gasteiger partial charge in [-0.15, -0.1) is 23.1 Å². The predicted molar refractivity (Wildman–Crippen MR) is 162 cm³/mol. The molecular formula is C31H25N3O4S2. The SMILES string of the molecule is Cc1sc(NC(=O)C(C)Sc2cccc(NC(=O)c3cccc4cccc(C(=O)O)c34)c2)nc1-c1ccccc1. The van der Waals surface area contributed by atoms with Gasteiger partial charge in [-0.3, -0.25) is 9.59 Å². The third kappa shape index (κ3) is 5.90. The quantitative estimate of drug-likeness (QED) is 0.169. The second kappa shape index (κ2) is 11.7. The summed E-state index contributed by atoms with van der Waals surface area (Å²) in [4.78, 5) is 44.4. The van der Waals surface area contributed by atoms with Crippen molar-refractivity contribution in [3.8, 4) is 11.3 Å². The first-order chi connectivity index (χ1) is 19.3. The van der Waals surface area contributed by atoms with E-state index in [0.717, 1.165) is 21.0 Å². The summed E-state index contributed by atoms with van der Waals surface area (Å²) in [6.07, 6.45) is 0. The molecule has 0 fully saturated rings. The van der Waals surface area contributed by atoms with E-state index >= 15 is 0 Å². The molecule has 5 rings (SSSR count). The zero-order chi connectivity index (χ0) is 28.2. The molecule has 200 valence electrons. The Balaban J connectivity index is 1.27. The lowest BCUT2D eigenvalue weighted by molar-refractivity contribution is -0.115. The number of aromatic nitrogens is 1. The van der Waals surface area contributed by atoms with Crippen molar-refractivity contribution < 1.29 is 19.5 Å². The minimum atomic E-state index is -1.10. The lowest BCUT2D eigenvalue weighted by Crippen LogP contribution is -2.22. The van der Waals surface area contributed by atoms with Crippen molar-refractivity contribution >= 4 is 62.5 Å². The Hall–Kier alpha value is -4.47. The van der Waals surface area contributed by atoms with E-state index in [9.17, 15) is 19.5 Å². The van der Waals surface area contributed by atoms with E-state index in [1.54, 1.807) is 48.5 Å². The number of nitrogens with zero attached hydrogens (tertiary/aromatic N) is 1. The highest BCUT2D eigenvalue weighted by Gasteiger charge is 2.19. The van der Waals surface area contributed by atoms with Crippen molar-refractivity contribution in [3.05, 3.63) is 107 Å². The number of thiazole rings is 1. The number of anilines is 2. The van der Waals surface area contributed by atoms with E-state index in [2.05, 4.69) is 15.6 Å². The molecule has 0 radical (unpaired) electrons. The number of benzene rings is 4. The molecule has 0 saturated heterocycles. The molecule has 0 aliphatic carbocycles. The molecule has 1 heterocycles. The summed E-state index contributed by atoms with van der Waals surface area (Å²) >= 11 is 2.80. The van der Waals surface area contributed by atoms with Gasteiger partial charge in [-0.1, -0.05) is 60.7 Å². The van der Waals surface area contributed by atoms with Gasteiger partial charge in [-0.25, -0.2) is 9.78 Å². The second-order valence-electron chi connectivity index (χ2n) is 9.04. The van der Waals surface area contributed by atoms with Crippen molar-refractivity contribution in [1.29, 1.82) is 0 Å². The van der Waals surface area contributed by atoms with Crippen molar-refractivity contribution in [3.63, 3.8) is 0 Å². The fraction of sp³-hybridized carbons (Fsp3) is 0.0968. The van der Waals surface area contributed by atoms with E-state index in [-0.39, 0.29) is 17.0 Å². The van der Waals surface area contributed by atoms with Crippen LogP contribution in [0.15, 0.2) is 95.9 Å². The fourth-order valence-electron chi connectivity index (χ4n) is 4.33. The van der Waals surface area contributed by atoms with Crippen LogP contribution in [0, 0.1) is 6.92 Å². The second-order valence-corrected chi connectivity index (χ2v) is 11.7. The number of nitrogens with one attached hydrogen (secondary N) is 2. The van der Waals surface area contributed by atoms with Gasteiger partial charge in [0.1, 0.15) is 0 Å². The number of aryl methyl sites for hydroxylation is 1. The smallest absolute Gasteiger partial charge is 0.336 e. The van der Waals surface area contributed by atoms with Gasteiger partial charge in [0, 0.05) is 32.0 Å². The Morgan fingerprint density at radius 2 is 1.57 bits per heavy atom. The summed E-state index contributed by atoms with van der Waals surface area (Å²) in [5.41, 5.74) is 2.73. The average molecular weight is 568 g/mol. The first-order valence-electron chi connectivity index (χ1n) is 12.5. The molecule has 0 bridgehead atoms. The Labute approximate surface area is 239 Å². The number of thioether (sulfide) groups is 1. The summed E-state index contributed by atoms with van der Waals surface area (Å²) in [6.45, 7) is 3.79. The lowest BCUT2D eigenvalue weighted by Gasteiger charge is -2.13. The largest absolute Gasteiger partial charge is 0.478 e. The van der Waals surface area contributed by atoms with Crippen LogP contribution >= 0.6 is 23.1 Å². The minimum absolute atomic E-state index is 0.0682. The number of fused-ring (bicyclic) bond motifs is 1. The highest BCUT2D eigenvalue weighted by atomic mass is 32.2. The summed E-state index contributed by atoms with van der Waals surface area (Å²) in [5, 5.41) is 16.6. The summed E-state index contributed by atoms with van der Waals surface area (Å²) in [6, 6.07) is 27.1. The first-order valence-corrected chi connectivity index (χ1v) is 14.2. The molecule has 0 saturated carbocycles. The normalized spacial score (nSPS) is 11.7. The number of carbonyl (C=O) groups excluding carboxylic acids is 2. The number of carboxylic acid groups (broad SMARTS) is 1. The molecule has 4 aromatic carbocycles. The van der Waals surface area contributed by atoms with Gasteiger partial charge < -0.3 is 15.7 Å². The minimum Gasteiger partial charge on any atom is -0.478 e. The Bertz CT molecular complexity index is 1730. The van der Waals surface area contributed by atoms with Gasteiger partial charge in [-0.05, 0) is 49.6 Å². The number of carbonyl (C=O) groups is 3. The van der Waals surface area contributed by atoms with Crippen molar-refractivity contribution in [2.45, 2.75) is 24.0 Å². The van der Waals surface area contributed by atoms with E-state index < -0.39 is 17.1 Å². The zero-order valence-electron chi connectivity index (χ0n) is 21.7. The average Bonchev–Trinajstić information content (AvgIpc) is 3.32. The molecule has 7 nitrogen and oxygen atoms in total. The van der Waals surface area contributed by atoms with Gasteiger partial charge in [0.2, 0.25) is 5.91 Å². The number of amides is 2. The summed E-state index contributed by atoms with van der Waals surface area (Å²) in [7, 11) is 0. The van der Waals surface area contributed by atoms with Crippen LogP contribution in [0.3, 0.4) is 0 Å². The van der Waals surface area contributed by atoms with Gasteiger partial charge in [0.25, 0.3) is 5.91 Å². The fourth-order valence-corrected chi connectivity index (χ4v) is 6.10. The van der Waals surface area contributed by atoms with Gasteiger partial charge >= 0.3 is 5.97 Å². The summed E-state index contributed by atoms with van der Waals surface area (Å²) < 4.78 is 0. The molecule has 1 aromatic heterocycles. The van der Waals surface area contributed by atoms with Gasteiger partial charge in [0.05, 0.1) is 16.5 Å². The molecular weight excluding hydrogens is 542 g/mol. The van der Waals surface area contributed by atoms with E-state index in [0.29, 0.717) is 21.6 Å². The van der Waals surface area contributed by atoms with Crippen molar-refractivity contribution in [2.24, 2.45) is 0 Å². The molecule has 5 aromatic rings. The van der Waals surface area contributed by atoms with E-state index in [1.807, 2.05) is 50.2 Å². The third-order valence-electron chi connectivity index (χ3n) is 6.23. The van der Waals surface area contributed by atoms with Crippen molar-refractivity contribution in [1.82, 2.24) is 4.98 Å².